The average Bonchev–Trinajstić information content (AvgIpc) is 2.69. The molecule has 0 aliphatic rings. The normalized spacial score (nSPS) is 11.7. The van der Waals surface area contributed by atoms with Crippen molar-refractivity contribution in [2.24, 2.45) is 0 Å². The van der Waals surface area contributed by atoms with Crippen LogP contribution in [-0.2, 0) is 6.18 Å². The van der Waals surface area contributed by atoms with Crippen molar-refractivity contribution in [1.29, 1.82) is 0 Å². The molecular weight excluding hydrogens is 209 g/mol. The Labute approximate surface area is 82.4 Å². The Bertz CT molecular complexity index is 449. The van der Waals surface area contributed by atoms with Gasteiger partial charge in [0.1, 0.15) is 12.0 Å². The number of hydrogen-bond acceptors (Lipinski definition) is 3. The summed E-state index contributed by atoms with van der Waals surface area (Å²) in [5.41, 5.74) is -0.983. The summed E-state index contributed by atoms with van der Waals surface area (Å²) in [4.78, 5) is 6.83. The first kappa shape index (κ1) is 9.63. The van der Waals surface area contributed by atoms with Crippen LogP contribution in [0.2, 0.25) is 0 Å². The van der Waals surface area contributed by atoms with Crippen molar-refractivity contribution in [3.05, 3.63) is 36.5 Å². The van der Waals surface area contributed by atoms with E-state index < -0.39 is 11.9 Å². The smallest absolute Gasteiger partial charge is 0.232 e. The summed E-state index contributed by atoms with van der Waals surface area (Å²) in [6.07, 6.45) is -0.650. The predicted octanol–water partition coefficient (Wildman–Crippen LogP) is 1.68. The lowest BCUT2D eigenvalue weighted by atomic mass is 10.4. The number of halogens is 3. The van der Waals surface area contributed by atoms with Gasteiger partial charge in [-0.3, -0.25) is 0 Å². The van der Waals surface area contributed by atoms with Crippen molar-refractivity contribution < 1.29 is 13.2 Å². The van der Waals surface area contributed by atoms with E-state index in [4.69, 9.17) is 0 Å². The molecule has 0 unspecified atom stereocenters. The van der Waals surface area contributed by atoms with Gasteiger partial charge in [0.05, 0.1) is 0 Å². The van der Waals surface area contributed by atoms with Gasteiger partial charge in [0.25, 0.3) is 0 Å². The van der Waals surface area contributed by atoms with Crippen LogP contribution in [0.5, 0.6) is 0 Å². The summed E-state index contributed by atoms with van der Waals surface area (Å²) in [6, 6.07) is 2.43. The molecule has 0 aliphatic carbocycles. The van der Waals surface area contributed by atoms with E-state index in [1.807, 2.05) is 0 Å². The van der Waals surface area contributed by atoms with Crippen molar-refractivity contribution in [3.63, 3.8) is 0 Å². The molecule has 0 aromatic carbocycles. The van der Waals surface area contributed by atoms with E-state index in [1.165, 1.54) is 17.1 Å². The zero-order chi connectivity index (χ0) is 10.9. The number of aromatic nitrogens is 4. The third-order valence-corrected chi connectivity index (χ3v) is 1.68. The van der Waals surface area contributed by atoms with Crippen LogP contribution in [0.25, 0.3) is 5.82 Å². The maximum atomic E-state index is 12.3. The second-order valence-corrected chi connectivity index (χ2v) is 2.71. The van der Waals surface area contributed by atoms with E-state index in [-0.39, 0.29) is 5.82 Å². The highest BCUT2D eigenvalue weighted by molar-refractivity contribution is 5.23. The molecule has 2 heterocycles. The van der Waals surface area contributed by atoms with Crippen LogP contribution in [0.1, 0.15) is 5.69 Å². The van der Waals surface area contributed by atoms with Crippen LogP contribution in [0.4, 0.5) is 13.2 Å². The number of alkyl halides is 3. The summed E-state index contributed by atoms with van der Waals surface area (Å²) >= 11 is 0. The van der Waals surface area contributed by atoms with E-state index in [1.54, 1.807) is 6.07 Å². The first-order valence-corrected chi connectivity index (χ1v) is 3.96. The predicted molar refractivity (Wildman–Crippen MR) is 44.2 cm³/mol. The maximum absolute atomic E-state index is 12.3. The summed E-state index contributed by atoms with van der Waals surface area (Å²) in [7, 11) is 0. The standard InChI is InChI=1S/C8H5F3N4/c9-8(10,11)6-4-7(13-5-12-6)15-3-1-2-14-15/h1-5H. The number of nitrogens with zero attached hydrogens (tertiary/aromatic N) is 4. The SMILES string of the molecule is FC(F)(F)c1cc(-n2cccn2)ncn1. The Balaban J connectivity index is 2.44. The third kappa shape index (κ3) is 1.95. The van der Waals surface area contributed by atoms with Gasteiger partial charge < -0.3 is 0 Å². The van der Waals surface area contributed by atoms with Crippen LogP contribution >= 0.6 is 0 Å². The van der Waals surface area contributed by atoms with E-state index >= 15 is 0 Å². The molecule has 7 heteroatoms. The highest BCUT2D eigenvalue weighted by atomic mass is 19.4. The van der Waals surface area contributed by atoms with Gasteiger partial charge in [0, 0.05) is 18.5 Å². The molecule has 0 N–H and O–H groups in total. The van der Waals surface area contributed by atoms with Gasteiger partial charge >= 0.3 is 6.18 Å². The van der Waals surface area contributed by atoms with Crippen molar-refractivity contribution >= 4 is 0 Å². The van der Waals surface area contributed by atoms with Gasteiger partial charge in [-0.25, -0.2) is 14.6 Å². The van der Waals surface area contributed by atoms with E-state index in [2.05, 4.69) is 15.1 Å². The fourth-order valence-electron chi connectivity index (χ4n) is 1.03. The van der Waals surface area contributed by atoms with Gasteiger partial charge in [-0.2, -0.15) is 18.3 Å². The molecule has 2 rings (SSSR count). The van der Waals surface area contributed by atoms with Crippen LogP contribution in [0, 0.1) is 0 Å². The largest absolute Gasteiger partial charge is 0.433 e. The highest BCUT2D eigenvalue weighted by Crippen LogP contribution is 2.27. The van der Waals surface area contributed by atoms with E-state index in [0.29, 0.717) is 0 Å². The van der Waals surface area contributed by atoms with Gasteiger partial charge in [0.2, 0.25) is 0 Å². The molecule has 78 valence electrons. The van der Waals surface area contributed by atoms with Gasteiger partial charge in [0.15, 0.2) is 5.82 Å². The minimum absolute atomic E-state index is 0.0855. The molecule has 0 radical (unpaired) electrons. The zero-order valence-corrected chi connectivity index (χ0v) is 7.31. The summed E-state index contributed by atoms with van der Waals surface area (Å²) < 4.78 is 38.1. The Hall–Kier alpha value is -1.92. The Morgan fingerprint density at radius 1 is 1.20 bits per heavy atom. The van der Waals surface area contributed by atoms with Crippen molar-refractivity contribution in [3.8, 4) is 5.82 Å². The van der Waals surface area contributed by atoms with Crippen molar-refractivity contribution in [1.82, 2.24) is 19.7 Å². The number of rotatable bonds is 1. The Morgan fingerprint density at radius 2 is 2.00 bits per heavy atom. The molecule has 0 spiro atoms. The zero-order valence-electron chi connectivity index (χ0n) is 7.31. The van der Waals surface area contributed by atoms with E-state index in [0.717, 1.165) is 12.4 Å². The van der Waals surface area contributed by atoms with Crippen LogP contribution in [-0.4, -0.2) is 19.7 Å². The summed E-state index contributed by atoms with van der Waals surface area (Å²) in [6.45, 7) is 0. The lowest BCUT2D eigenvalue weighted by molar-refractivity contribution is -0.141. The molecule has 0 amide bonds. The van der Waals surface area contributed by atoms with Crippen LogP contribution < -0.4 is 0 Å². The molecule has 0 saturated heterocycles. The molecule has 2 aromatic rings. The number of hydrogen-bond donors (Lipinski definition) is 0. The minimum Gasteiger partial charge on any atom is -0.232 e. The molecule has 15 heavy (non-hydrogen) atoms. The highest BCUT2D eigenvalue weighted by Gasteiger charge is 2.32. The Kier molecular flexibility index (Phi) is 2.14. The average molecular weight is 214 g/mol. The lowest BCUT2D eigenvalue weighted by Crippen LogP contribution is -2.10. The molecular formula is C8H5F3N4. The fraction of sp³-hybridized carbons (Fsp3) is 0.125. The quantitative estimate of drug-likeness (QED) is 0.725. The fourth-order valence-corrected chi connectivity index (χ4v) is 1.03. The van der Waals surface area contributed by atoms with Crippen LogP contribution in [0.3, 0.4) is 0 Å². The van der Waals surface area contributed by atoms with E-state index in [9.17, 15) is 13.2 Å². The molecule has 4 nitrogen and oxygen atoms in total. The second-order valence-electron chi connectivity index (χ2n) is 2.71. The lowest BCUT2D eigenvalue weighted by Gasteiger charge is -2.06. The molecule has 0 atom stereocenters. The first-order chi connectivity index (χ1) is 7.07. The van der Waals surface area contributed by atoms with Gasteiger partial charge in [-0.15, -0.1) is 0 Å². The Morgan fingerprint density at radius 3 is 2.60 bits per heavy atom. The molecule has 0 bridgehead atoms. The second kappa shape index (κ2) is 3.34. The van der Waals surface area contributed by atoms with Crippen molar-refractivity contribution in [2.75, 3.05) is 0 Å². The monoisotopic (exact) mass is 214 g/mol. The first-order valence-electron chi connectivity index (χ1n) is 3.96. The summed E-state index contributed by atoms with van der Waals surface area (Å²) in [5, 5.41) is 3.77. The molecule has 0 saturated carbocycles. The summed E-state index contributed by atoms with van der Waals surface area (Å²) in [5.74, 6) is 0.0855. The minimum atomic E-state index is -4.47. The maximum Gasteiger partial charge on any atom is 0.433 e. The molecule has 2 aromatic heterocycles. The topological polar surface area (TPSA) is 43.6 Å². The van der Waals surface area contributed by atoms with Gasteiger partial charge in [-0.1, -0.05) is 0 Å². The van der Waals surface area contributed by atoms with Gasteiger partial charge in [-0.05, 0) is 6.07 Å². The van der Waals surface area contributed by atoms with Crippen LogP contribution in [0.15, 0.2) is 30.9 Å². The molecule has 0 fully saturated rings. The van der Waals surface area contributed by atoms with Crippen molar-refractivity contribution in [2.45, 2.75) is 6.18 Å². The third-order valence-electron chi connectivity index (χ3n) is 1.68. The molecule has 0 aliphatic heterocycles.